The van der Waals surface area contributed by atoms with E-state index in [0.29, 0.717) is 4.90 Å². The fourth-order valence-corrected chi connectivity index (χ4v) is 3.65. The maximum absolute atomic E-state index is 11.2. The summed E-state index contributed by atoms with van der Waals surface area (Å²) >= 11 is 4.14. The van der Waals surface area contributed by atoms with E-state index in [1.807, 2.05) is 19.1 Å². The molecule has 2 unspecified atom stereocenters. The van der Waals surface area contributed by atoms with Crippen molar-refractivity contribution in [1.29, 1.82) is 0 Å². The summed E-state index contributed by atoms with van der Waals surface area (Å²) in [5, 5.41) is 4.13. The van der Waals surface area contributed by atoms with E-state index in [0.717, 1.165) is 34.8 Å². The van der Waals surface area contributed by atoms with Gasteiger partial charge in [0.2, 0.25) is 0 Å². The Morgan fingerprint density at radius 2 is 2.14 bits per heavy atom. The van der Waals surface area contributed by atoms with Gasteiger partial charge in [-0.1, -0.05) is 29.8 Å². The van der Waals surface area contributed by atoms with E-state index in [4.69, 9.17) is 11.6 Å². The molecule has 3 nitrogen and oxygen atoms in total. The van der Waals surface area contributed by atoms with Crippen molar-refractivity contribution in [3.05, 3.63) is 63.7 Å². The van der Waals surface area contributed by atoms with Gasteiger partial charge in [0.1, 0.15) is 0 Å². The molecule has 1 N–H and O–H groups in total. The Morgan fingerprint density at radius 1 is 1.33 bits per heavy atom. The minimum Gasteiger partial charge on any atom is -0.768 e. The molecule has 0 amide bonds. The van der Waals surface area contributed by atoms with Gasteiger partial charge in [0, 0.05) is 28.9 Å². The third kappa shape index (κ3) is 2.90. The predicted molar refractivity (Wildman–Crippen MR) is 83.4 cm³/mol. The molecule has 5 heteroatoms. The molecule has 0 aliphatic carbocycles. The number of fused-ring (bicyclic) bond motifs is 1. The molecule has 2 aromatic carbocycles. The van der Waals surface area contributed by atoms with Gasteiger partial charge in [-0.05, 0) is 58.5 Å². The Hall–Kier alpha value is -1.20. The number of halogens is 1. The van der Waals surface area contributed by atoms with E-state index in [-0.39, 0.29) is 5.92 Å². The zero-order chi connectivity index (χ0) is 15.0. The van der Waals surface area contributed by atoms with Crippen LogP contribution < -0.4 is 5.32 Å². The van der Waals surface area contributed by atoms with E-state index in [9.17, 15) is 8.76 Å². The van der Waals surface area contributed by atoms with Gasteiger partial charge in [-0.25, -0.2) is 0 Å². The SMILES string of the molecule is Cc1cc(Cl)c2c(c1)C(c1cccc(S(=O)[O-])c1)CNC2. The summed E-state index contributed by atoms with van der Waals surface area (Å²) in [6.07, 6.45) is 0. The fraction of sp³-hybridized carbons (Fsp3) is 0.250. The summed E-state index contributed by atoms with van der Waals surface area (Å²) in [6.45, 7) is 3.55. The molecule has 0 fully saturated rings. The minimum absolute atomic E-state index is 0.120. The maximum atomic E-state index is 11.2. The lowest BCUT2D eigenvalue weighted by atomic mass is 9.84. The van der Waals surface area contributed by atoms with Gasteiger partial charge in [-0.2, -0.15) is 0 Å². The van der Waals surface area contributed by atoms with Crippen molar-refractivity contribution in [2.75, 3.05) is 6.54 Å². The molecule has 1 aliphatic heterocycles. The highest BCUT2D eigenvalue weighted by Crippen LogP contribution is 2.35. The first kappa shape index (κ1) is 14.7. The number of nitrogens with one attached hydrogen (secondary N) is 1. The molecule has 3 rings (SSSR count). The number of hydrogen-bond acceptors (Lipinski definition) is 3. The van der Waals surface area contributed by atoms with Crippen LogP contribution in [0.5, 0.6) is 0 Å². The lowest BCUT2D eigenvalue weighted by Crippen LogP contribution is -2.29. The number of hydrogen-bond donors (Lipinski definition) is 1. The monoisotopic (exact) mass is 320 g/mol. The van der Waals surface area contributed by atoms with Gasteiger partial charge in [-0.15, -0.1) is 0 Å². The summed E-state index contributed by atoms with van der Waals surface area (Å²) in [6, 6.07) is 11.2. The van der Waals surface area contributed by atoms with Crippen molar-refractivity contribution in [1.82, 2.24) is 5.32 Å². The van der Waals surface area contributed by atoms with Gasteiger partial charge in [0.15, 0.2) is 0 Å². The molecule has 1 aliphatic rings. The van der Waals surface area contributed by atoms with Gasteiger partial charge < -0.3 is 9.87 Å². The minimum atomic E-state index is -2.21. The second-order valence-corrected chi connectivity index (χ2v) is 6.65. The van der Waals surface area contributed by atoms with E-state index < -0.39 is 11.1 Å². The first-order chi connectivity index (χ1) is 10.1. The molecular formula is C16H15ClNO2S-. The Kier molecular flexibility index (Phi) is 4.13. The van der Waals surface area contributed by atoms with E-state index >= 15 is 0 Å². The quantitative estimate of drug-likeness (QED) is 0.865. The number of benzene rings is 2. The van der Waals surface area contributed by atoms with Gasteiger partial charge in [0.25, 0.3) is 0 Å². The average Bonchev–Trinajstić information content (AvgIpc) is 2.46. The zero-order valence-corrected chi connectivity index (χ0v) is 13.1. The Morgan fingerprint density at radius 3 is 2.90 bits per heavy atom. The Labute approximate surface area is 131 Å². The van der Waals surface area contributed by atoms with Crippen LogP contribution in [0.15, 0.2) is 41.3 Å². The maximum Gasteiger partial charge on any atom is 0.0456 e. The van der Waals surface area contributed by atoms with Crippen LogP contribution in [0.4, 0.5) is 0 Å². The summed E-state index contributed by atoms with van der Waals surface area (Å²) in [4.78, 5) is 0.318. The van der Waals surface area contributed by atoms with Crippen LogP contribution in [0.1, 0.15) is 28.2 Å². The highest BCUT2D eigenvalue weighted by atomic mass is 35.5. The van der Waals surface area contributed by atoms with Crippen molar-refractivity contribution < 1.29 is 8.76 Å². The summed E-state index contributed by atoms with van der Waals surface area (Å²) < 4.78 is 22.3. The second-order valence-electron chi connectivity index (χ2n) is 5.31. The molecular weight excluding hydrogens is 306 g/mol. The molecule has 1 heterocycles. The standard InChI is InChI=1S/C16H16ClNO2S/c1-10-5-13-14(8-18-9-15(13)16(17)6-10)11-3-2-4-12(7-11)21(19)20/h2-7,14,18H,8-9H2,1H3,(H,19,20)/p-1. The molecule has 0 spiro atoms. The smallest absolute Gasteiger partial charge is 0.0456 e. The van der Waals surface area contributed by atoms with Gasteiger partial charge in [0.05, 0.1) is 0 Å². The van der Waals surface area contributed by atoms with Gasteiger partial charge in [-0.3, -0.25) is 4.21 Å². The summed E-state index contributed by atoms with van der Waals surface area (Å²) in [7, 11) is 0. The van der Waals surface area contributed by atoms with Crippen molar-refractivity contribution in [2.24, 2.45) is 0 Å². The van der Waals surface area contributed by atoms with Crippen LogP contribution in [0.2, 0.25) is 5.02 Å². The molecule has 110 valence electrons. The van der Waals surface area contributed by atoms with Crippen molar-refractivity contribution in [3.63, 3.8) is 0 Å². The molecule has 2 aromatic rings. The molecule has 0 aromatic heterocycles. The highest BCUT2D eigenvalue weighted by molar-refractivity contribution is 7.79. The van der Waals surface area contributed by atoms with E-state index in [2.05, 4.69) is 11.4 Å². The third-order valence-electron chi connectivity index (χ3n) is 3.85. The normalized spacial score (nSPS) is 19.1. The van der Waals surface area contributed by atoms with E-state index in [1.165, 1.54) is 5.56 Å². The highest BCUT2D eigenvalue weighted by Gasteiger charge is 2.23. The summed E-state index contributed by atoms with van der Waals surface area (Å²) in [5.74, 6) is 0.120. The predicted octanol–water partition coefficient (Wildman–Crippen LogP) is 3.12. The largest absolute Gasteiger partial charge is 0.768 e. The fourth-order valence-electron chi connectivity index (χ4n) is 2.88. The first-order valence-corrected chi connectivity index (χ1v) is 8.20. The second kappa shape index (κ2) is 5.89. The van der Waals surface area contributed by atoms with Crippen molar-refractivity contribution in [3.8, 4) is 0 Å². The number of rotatable bonds is 2. The molecule has 0 saturated carbocycles. The van der Waals surface area contributed by atoms with Crippen LogP contribution >= 0.6 is 11.6 Å². The van der Waals surface area contributed by atoms with E-state index in [1.54, 1.807) is 18.2 Å². The topological polar surface area (TPSA) is 52.2 Å². The molecule has 0 radical (unpaired) electrons. The Balaban J connectivity index is 2.10. The molecule has 21 heavy (non-hydrogen) atoms. The van der Waals surface area contributed by atoms with Crippen molar-refractivity contribution in [2.45, 2.75) is 24.3 Å². The lowest BCUT2D eigenvalue weighted by Gasteiger charge is -2.28. The Bertz CT molecular complexity index is 717. The molecule has 0 bridgehead atoms. The first-order valence-electron chi connectivity index (χ1n) is 6.75. The molecule has 0 saturated heterocycles. The van der Waals surface area contributed by atoms with Crippen LogP contribution in [0.25, 0.3) is 0 Å². The number of aryl methyl sites for hydroxylation is 1. The van der Waals surface area contributed by atoms with Crippen LogP contribution in [-0.4, -0.2) is 15.3 Å². The van der Waals surface area contributed by atoms with Crippen LogP contribution in [0.3, 0.4) is 0 Å². The van der Waals surface area contributed by atoms with Crippen LogP contribution in [0, 0.1) is 6.92 Å². The van der Waals surface area contributed by atoms with Gasteiger partial charge >= 0.3 is 0 Å². The molecule has 2 atom stereocenters. The average molecular weight is 321 g/mol. The third-order valence-corrected chi connectivity index (χ3v) is 4.83. The van der Waals surface area contributed by atoms with Crippen LogP contribution in [-0.2, 0) is 17.6 Å². The lowest BCUT2D eigenvalue weighted by molar-refractivity contribution is 0.536. The summed E-state index contributed by atoms with van der Waals surface area (Å²) in [5.41, 5.74) is 4.40. The zero-order valence-electron chi connectivity index (χ0n) is 11.6. The van der Waals surface area contributed by atoms with Crippen molar-refractivity contribution >= 4 is 22.7 Å².